The molecule has 5 nitrogen and oxygen atoms in total. The molecule has 0 saturated heterocycles. The van der Waals surface area contributed by atoms with Crippen LogP contribution in [0.4, 0.5) is 5.69 Å². The maximum Gasteiger partial charge on any atom is 0.251 e. The van der Waals surface area contributed by atoms with Crippen LogP contribution in [0, 0.1) is 6.92 Å². The Morgan fingerprint density at radius 2 is 2.20 bits per heavy atom. The number of carbonyl (C=O) groups excluding carboxylic acids is 1. The lowest BCUT2D eigenvalue weighted by molar-refractivity contribution is 0.0944. The largest absolute Gasteiger partial charge is 0.395 e. The van der Waals surface area contributed by atoms with Crippen LogP contribution in [0.25, 0.3) is 0 Å². The highest BCUT2D eigenvalue weighted by Crippen LogP contribution is 2.20. The summed E-state index contributed by atoms with van der Waals surface area (Å²) in [4.78, 5) is 12.0. The van der Waals surface area contributed by atoms with Gasteiger partial charge in [0.25, 0.3) is 5.91 Å². The number of hydrogen-bond donors (Lipinski definition) is 3. The molecule has 1 atom stereocenters. The molecule has 0 aromatic heterocycles. The standard InChI is InChI=1S/C15H24N2O3/c1-4-12(10-20-3)17-14-7-5-6-13(11(14)2)15(19)16-8-9-18/h5-7,12,17-18H,4,8-10H2,1-3H3,(H,16,19). The van der Waals surface area contributed by atoms with Crippen LogP contribution in [-0.4, -0.2) is 43.9 Å². The summed E-state index contributed by atoms with van der Waals surface area (Å²) in [5.41, 5.74) is 2.46. The molecule has 0 fully saturated rings. The molecule has 0 spiro atoms. The van der Waals surface area contributed by atoms with Gasteiger partial charge in [-0.1, -0.05) is 13.0 Å². The predicted molar refractivity (Wildman–Crippen MR) is 80.2 cm³/mol. The fraction of sp³-hybridized carbons (Fsp3) is 0.533. The zero-order valence-corrected chi connectivity index (χ0v) is 12.4. The number of nitrogens with one attached hydrogen (secondary N) is 2. The van der Waals surface area contributed by atoms with Crippen molar-refractivity contribution in [2.24, 2.45) is 0 Å². The van der Waals surface area contributed by atoms with Crippen molar-refractivity contribution >= 4 is 11.6 Å². The van der Waals surface area contributed by atoms with Gasteiger partial charge in [-0.15, -0.1) is 0 Å². The topological polar surface area (TPSA) is 70.6 Å². The highest BCUT2D eigenvalue weighted by atomic mass is 16.5. The van der Waals surface area contributed by atoms with Crippen LogP contribution in [0.15, 0.2) is 18.2 Å². The van der Waals surface area contributed by atoms with Gasteiger partial charge in [-0.25, -0.2) is 0 Å². The molecule has 1 amide bonds. The average Bonchev–Trinajstić information content (AvgIpc) is 2.46. The van der Waals surface area contributed by atoms with Crippen LogP contribution >= 0.6 is 0 Å². The van der Waals surface area contributed by atoms with E-state index in [1.165, 1.54) is 0 Å². The lowest BCUT2D eigenvalue weighted by Gasteiger charge is -2.20. The van der Waals surface area contributed by atoms with Crippen LogP contribution in [0.1, 0.15) is 29.3 Å². The summed E-state index contributed by atoms with van der Waals surface area (Å²) in [6.45, 7) is 4.82. The Morgan fingerprint density at radius 1 is 1.45 bits per heavy atom. The number of carbonyl (C=O) groups is 1. The van der Waals surface area contributed by atoms with E-state index in [9.17, 15) is 4.79 Å². The molecule has 1 rings (SSSR count). The maximum absolute atomic E-state index is 12.0. The lowest BCUT2D eigenvalue weighted by atomic mass is 10.0. The van der Waals surface area contributed by atoms with Crippen LogP contribution < -0.4 is 10.6 Å². The Kier molecular flexibility index (Phi) is 7.04. The van der Waals surface area contributed by atoms with Crippen molar-refractivity contribution in [3.63, 3.8) is 0 Å². The van der Waals surface area contributed by atoms with Crippen LogP contribution in [0.3, 0.4) is 0 Å². The molecule has 1 aromatic carbocycles. The van der Waals surface area contributed by atoms with Gasteiger partial charge in [-0.3, -0.25) is 4.79 Å². The van der Waals surface area contributed by atoms with Gasteiger partial charge in [0, 0.05) is 30.9 Å². The minimum absolute atomic E-state index is 0.0610. The summed E-state index contributed by atoms with van der Waals surface area (Å²) in [6.07, 6.45) is 0.939. The normalized spacial score (nSPS) is 12.0. The van der Waals surface area contributed by atoms with E-state index in [2.05, 4.69) is 17.6 Å². The van der Waals surface area contributed by atoms with Gasteiger partial charge < -0.3 is 20.5 Å². The summed E-state index contributed by atoms with van der Waals surface area (Å²) in [7, 11) is 1.68. The van der Waals surface area contributed by atoms with E-state index in [4.69, 9.17) is 9.84 Å². The highest BCUT2D eigenvalue weighted by molar-refractivity contribution is 5.97. The third kappa shape index (κ3) is 4.51. The van der Waals surface area contributed by atoms with Gasteiger partial charge in [0.1, 0.15) is 0 Å². The number of amides is 1. The molecule has 20 heavy (non-hydrogen) atoms. The van der Waals surface area contributed by atoms with Gasteiger partial charge in [-0.2, -0.15) is 0 Å². The Morgan fingerprint density at radius 3 is 2.80 bits per heavy atom. The van der Waals surface area contributed by atoms with Gasteiger partial charge in [0.05, 0.1) is 13.2 Å². The van der Waals surface area contributed by atoms with Crippen LogP contribution in [-0.2, 0) is 4.74 Å². The van der Waals surface area contributed by atoms with E-state index < -0.39 is 0 Å². The van der Waals surface area contributed by atoms with Crippen LogP contribution in [0.2, 0.25) is 0 Å². The van der Waals surface area contributed by atoms with Gasteiger partial charge in [0.15, 0.2) is 0 Å². The first-order valence-electron chi connectivity index (χ1n) is 6.88. The molecular weight excluding hydrogens is 256 g/mol. The minimum atomic E-state index is -0.167. The van der Waals surface area contributed by atoms with Gasteiger partial charge in [0.2, 0.25) is 0 Å². The van der Waals surface area contributed by atoms with Gasteiger partial charge in [-0.05, 0) is 31.0 Å². The maximum atomic E-state index is 12.0. The zero-order valence-electron chi connectivity index (χ0n) is 12.4. The Balaban J connectivity index is 2.86. The third-order valence-electron chi connectivity index (χ3n) is 3.20. The molecule has 1 unspecified atom stereocenters. The number of aliphatic hydroxyl groups is 1. The second-order valence-electron chi connectivity index (χ2n) is 4.66. The van der Waals surface area contributed by atoms with Crippen molar-refractivity contribution in [2.75, 3.05) is 32.2 Å². The summed E-state index contributed by atoms with van der Waals surface area (Å²) in [5, 5.41) is 14.8. The molecule has 0 radical (unpaired) electrons. The number of aliphatic hydroxyl groups excluding tert-OH is 1. The number of hydrogen-bond acceptors (Lipinski definition) is 4. The summed E-state index contributed by atoms with van der Waals surface area (Å²) in [6, 6.07) is 5.80. The third-order valence-corrected chi connectivity index (χ3v) is 3.20. The van der Waals surface area contributed by atoms with Crippen molar-refractivity contribution in [3.8, 4) is 0 Å². The Bertz CT molecular complexity index is 435. The van der Waals surface area contributed by atoms with Crippen molar-refractivity contribution in [1.29, 1.82) is 0 Å². The molecule has 1 aromatic rings. The molecule has 0 heterocycles. The minimum Gasteiger partial charge on any atom is -0.395 e. The van der Waals surface area contributed by atoms with E-state index >= 15 is 0 Å². The summed E-state index contributed by atoms with van der Waals surface area (Å²) in [5.74, 6) is -0.167. The molecule has 5 heteroatoms. The number of methoxy groups -OCH3 is 1. The van der Waals surface area contributed by atoms with Crippen molar-refractivity contribution < 1.29 is 14.6 Å². The monoisotopic (exact) mass is 280 g/mol. The number of ether oxygens (including phenoxy) is 1. The predicted octanol–water partition coefficient (Wildman–Crippen LogP) is 1.55. The summed E-state index contributed by atoms with van der Waals surface area (Å²) >= 11 is 0. The van der Waals surface area contributed by atoms with E-state index in [0.717, 1.165) is 17.7 Å². The lowest BCUT2D eigenvalue weighted by Crippen LogP contribution is -2.28. The quantitative estimate of drug-likeness (QED) is 0.676. The molecule has 0 aliphatic rings. The average molecular weight is 280 g/mol. The van der Waals surface area contributed by atoms with Crippen LogP contribution in [0.5, 0.6) is 0 Å². The van der Waals surface area contributed by atoms with Crippen molar-refractivity contribution in [3.05, 3.63) is 29.3 Å². The van der Waals surface area contributed by atoms with Crippen molar-refractivity contribution in [1.82, 2.24) is 5.32 Å². The zero-order chi connectivity index (χ0) is 15.0. The highest BCUT2D eigenvalue weighted by Gasteiger charge is 2.13. The fourth-order valence-electron chi connectivity index (χ4n) is 1.99. The Labute approximate surface area is 120 Å². The number of anilines is 1. The molecular formula is C15H24N2O3. The molecule has 3 N–H and O–H groups in total. The summed E-state index contributed by atoms with van der Waals surface area (Å²) < 4.78 is 5.17. The first kappa shape index (κ1) is 16.5. The fourth-order valence-corrected chi connectivity index (χ4v) is 1.99. The van der Waals surface area contributed by atoms with Crippen molar-refractivity contribution in [2.45, 2.75) is 26.3 Å². The molecule has 0 saturated carbocycles. The van der Waals surface area contributed by atoms with E-state index in [-0.39, 0.29) is 25.1 Å². The van der Waals surface area contributed by atoms with Gasteiger partial charge >= 0.3 is 0 Å². The number of rotatable bonds is 8. The first-order chi connectivity index (χ1) is 9.63. The Hall–Kier alpha value is -1.59. The number of benzene rings is 1. The SMILES string of the molecule is CCC(COC)Nc1cccc(C(=O)NCCO)c1C. The molecule has 112 valence electrons. The van der Waals surface area contributed by atoms with E-state index in [1.54, 1.807) is 13.2 Å². The first-order valence-corrected chi connectivity index (χ1v) is 6.88. The molecule has 0 aliphatic carbocycles. The second-order valence-corrected chi connectivity index (χ2v) is 4.66. The molecule has 0 aliphatic heterocycles. The van der Waals surface area contributed by atoms with E-state index in [1.807, 2.05) is 19.1 Å². The second kappa shape index (κ2) is 8.55. The smallest absolute Gasteiger partial charge is 0.251 e. The molecule has 0 bridgehead atoms. The van der Waals surface area contributed by atoms with E-state index in [0.29, 0.717) is 12.2 Å².